The number of thiophene rings is 1. The summed E-state index contributed by atoms with van der Waals surface area (Å²) in [7, 11) is 0. The van der Waals surface area contributed by atoms with Gasteiger partial charge in [-0.3, -0.25) is 19.2 Å². The number of amides is 3. The highest BCUT2D eigenvalue weighted by Gasteiger charge is 2.36. The first-order chi connectivity index (χ1) is 15.3. The first-order valence-corrected chi connectivity index (χ1v) is 11.4. The molecule has 1 aromatic heterocycles. The van der Waals surface area contributed by atoms with Crippen molar-refractivity contribution in [2.24, 2.45) is 11.7 Å². The second kappa shape index (κ2) is 9.12. The molecule has 1 aliphatic carbocycles. The van der Waals surface area contributed by atoms with Crippen LogP contribution in [0, 0.1) is 12.8 Å². The van der Waals surface area contributed by atoms with Gasteiger partial charge in [0.1, 0.15) is 5.00 Å². The van der Waals surface area contributed by atoms with Gasteiger partial charge < -0.3 is 20.7 Å². The summed E-state index contributed by atoms with van der Waals surface area (Å²) in [6, 6.07) is 7.49. The van der Waals surface area contributed by atoms with Crippen molar-refractivity contribution in [2.75, 3.05) is 23.4 Å². The van der Waals surface area contributed by atoms with E-state index in [1.165, 1.54) is 11.3 Å². The molecule has 3 amide bonds. The van der Waals surface area contributed by atoms with Crippen LogP contribution >= 0.6 is 11.3 Å². The maximum Gasteiger partial charge on any atom is 0.311 e. The van der Waals surface area contributed by atoms with E-state index < -0.39 is 30.3 Å². The van der Waals surface area contributed by atoms with Crippen molar-refractivity contribution >= 4 is 45.7 Å². The Morgan fingerprint density at radius 3 is 2.62 bits per heavy atom. The monoisotopic (exact) mass is 455 g/mol. The van der Waals surface area contributed by atoms with Gasteiger partial charge in [0.15, 0.2) is 6.61 Å². The molecule has 1 aliphatic heterocycles. The molecule has 3 N–H and O–H groups in total. The minimum atomic E-state index is -0.633. The number of nitrogens with zero attached hydrogens (tertiary/aromatic N) is 1. The number of primary amides is 1. The van der Waals surface area contributed by atoms with E-state index in [-0.39, 0.29) is 18.9 Å². The van der Waals surface area contributed by atoms with Gasteiger partial charge in [-0.2, -0.15) is 0 Å². The first-order valence-electron chi connectivity index (χ1n) is 10.6. The normalized spacial score (nSPS) is 17.7. The molecule has 0 saturated carbocycles. The molecule has 4 rings (SSSR count). The van der Waals surface area contributed by atoms with Crippen LogP contribution in [0.5, 0.6) is 0 Å². The predicted octanol–water partition coefficient (Wildman–Crippen LogP) is 2.57. The van der Waals surface area contributed by atoms with Crippen LogP contribution in [0.2, 0.25) is 0 Å². The summed E-state index contributed by atoms with van der Waals surface area (Å²) < 4.78 is 5.17. The summed E-state index contributed by atoms with van der Waals surface area (Å²) in [5.41, 5.74) is 8.63. The molecule has 1 saturated heterocycles. The van der Waals surface area contributed by atoms with Crippen molar-refractivity contribution in [1.82, 2.24) is 0 Å². The maximum absolute atomic E-state index is 12.5. The van der Waals surface area contributed by atoms with Crippen molar-refractivity contribution in [3.8, 4) is 0 Å². The zero-order valence-corrected chi connectivity index (χ0v) is 18.6. The minimum absolute atomic E-state index is 0.0395. The largest absolute Gasteiger partial charge is 0.455 e. The molecular formula is C23H25N3O5S. The fraction of sp³-hybridized carbons (Fsp3) is 0.391. The third-order valence-corrected chi connectivity index (χ3v) is 7.03. The fourth-order valence-electron chi connectivity index (χ4n) is 4.17. The van der Waals surface area contributed by atoms with Crippen LogP contribution in [0.25, 0.3) is 0 Å². The van der Waals surface area contributed by atoms with Crippen LogP contribution in [0.1, 0.15) is 45.6 Å². The number of carbonyl (C=O) groups excluding carboxylic acids is 4. The maximum atomic E-state index is 12.5. The summed E-state index contributed by atoms with van der Waals surface area (Å²) in [6.45, 7) is 1.68. The third kappa shape index (κ3) is 4.52. The average Bonchev–Trinajstić information content (AvgIpc) is 3.32. The van der Waals surface area contributed by atoms with Gasteiger partial charge in [0, 0.05) is 23.5 Å². The van der Waals surface area contributed by atoms with Gasteiger partial charge in [-0.25, -0.2) is 0 Å². The van der Waals surface area contributed by atoms with Crippen molar-refractivity contribution in [3.05, 3.63) is 45.8 Å². The Balaban J connectivity index is 1.34. The molecule has 1 aromatic carbocycles. The molecule has 8 nitrogen and oxygen atoms in total. The van der Waals surface area contributed by atoms with Gasteiger partial charge >= 0.3 is 5.97 Å². The number of nitrogens with one attached hydrogen (secondary N) is 1. The Kier molecular flexibility index (Phi) is 6.27. The van der Waals surface area contributed by atoms with Crippen LogP contribution in [-0.4, -0.2) is 36.8 Å². The standard InChI is InChI=1S/C23H25N3O5S/c1-13-6-8-15(9-7-13)26-11-14(10-19(26)28)23(30)31-12-18(27)25-22-20(21(24)29)16-4-2-3-5-17(16)32-22/h6-9,14H,2-5,10-12H2,1H3,(H2,24,29)(H,25,27). The lowest BCUT2D eigenvalue weighted by atomic mass is 9.95. The average molecular weight is 456 g/mol. The van der Waals surface area contributed by atoms with E-state index in [0.717, 1.165) is 47.4 Å². The van der Waals surface area contributed by atoms with Gasteiger partial charge in [-0.15, -0.1) is 11.3 Å². The van der Waals surface area contributed by atoms with Gasteiger partial charge in [0.05, 0.1) is 11.5 Å². The lowest BCUT2D eigenvalue weighted by Crippen LogP contribution is -2.28. The Morgan fingerprint density at radius 2 is 1.91 bits per heavy atom. The molecule has 1 unspecified atom stereocenters. The summed E-state index contributed by atoms with van der Waals surface area (Å²) in [5.74, 6) is -2.50. The number of rotatable bonds is 6. The van der Waals surface area contributed by atoms with Crippen LogP contribution in [-0.2, 0) is 32.0 Å². The Bertz CT molecular complexity index is 1080. The van der Waals surface area contributed by atoms with E-state index in [2.05, 4.69) is 5.32 Å². The summed E-state index contributed by atoms with van der Waals surface area (Å²) in [4.78, 5) is 51.8. The summed E-state index contributed by atoms with van der Waals surface area (Å²) in [6.07, 6.45) is 3.68. The number of anilines is 2. The molecule has 1 atom stereocenters. The second-order valence-electron chi connectivity index (χ2n) is 8.18. The molecule has 2 aromatic rings. The van der Waals surface area contributed by atoms with Crippen LogP contribution in [0.15, 0.2) is 24.3 Å². The van der Waals surface area contributed by atoms with E-state index in [4.69, 9.17) is 10.5 Å². The number of fused-ring (bicyclic) bond motifs is 1. The van der Waals surface area contributed by atoms with Crippen LogP contribution in [0.4, 0.5) is 10.7 Å². The highest BCUT2D eigenvalue weighted by Crippen LogP contribution is 2.37. The van der Waals surface area contributed by atoms with E-state index in [1.54, 1.807) is 4.90 Å². The Morgan fingerprint density at radius 1 is 1.19 bits per heavy atom. The molecule has 32 heavy (non-hydrogen) atoms. The van der Waals surface area contributed by atoms with E-state index in [9.17, 15) is 19.2 Å². The number of esters is 1. The molecule has 2 aliphatic rings. The molecule has 0 radical (unpaired) electrons. The lowest BCUT2D eigenvalue weighted by Gasteiger charge is -2.16. The molecule has 2 heterocycles. The van der Waals surface area contributed by atoms with Crippen LogP contribution in [0.3, 0.4) is 0 Å². The lowest BCUT2D eigenvalue weighted by molar-refractivity contribution is -0.151. The topological polar surface area (TPSA) is 119 Å². The number of benzene rings is 1. The van der Waals surface area contributed by atoms with Crippen LogP contribution < -0.4 is 16.0 Å². The highest BCUT2D eigenvalue weighted by molar-refractivity contribution is 7.17. The summed E-state index contributed by atoms with van der Waals surface area (Å²) >= 11 is 1.35. The minimum Gasteiger partial charge on any atom is -0.455 e. The van der Waals surface area contributed by atoms with Crippen molar-refractivity contribution in [1.29, 1.82) is 0 Å². The number of aryl methyl sites for hydroxylation is 2. The van der Waals surface area contributed by atoms with E-state index in [1.807, 2.05) is 31.2 Å². The Hall–Kier alpha value is -3.20. The zero-order chi connectivity index (χ0) is 22.8. The van der Waals surface area contributed by atoms with Crippen molar-refractivity contribution in [2.45, 2.75) is 39.0 Å². The van der Waals surface area contributed by atoms with Crippen molar-refractivity contribution in [3.63, 3.8) is 0 Å². The second-order valence-corrected chi connectivity index (χ2v) is 9.28. The molecule has 168 valence electrons. The Labute approximate surface area is 189 Å². The highest BCUT2D eigenvalue weighted by atomic mass is 32.1. The van der Waals surface area contributed by atoms with Gasteiger partial charge in [-0.1, -0.05) is 17.7 Å². The first kappa shape index (κ1) is 22.0. The molecule has 0 spiro atoms. The number of hydrogen-bond donors (Lipinski definition) is 2. The van der Waals surface area contributed by atoms with E-state index in [0.29, 0.717) is 10.6 Å². The van der Waals surface area contributed by atoms with Gasteiger partial charge in [0.2, 0.25) is 5.91 Å². The van der Waals surface area contributed by atoms with Crippen molar-refractivity contribution < 1.29 is 23.9 Å². The van der Waals surface area contributed by atoms with Gasteiger partial charge in [0.25, 0.3) is 11.8 Å². The molecular weight excluding hydrogens is 430 g/mol. The number of hydrogen-bond acceptors (Lipinski definition) is 6. The molecule has 0 bridgehead atoms. The number of nitrogens with two attached hydrogens (primary N) is 1. The predicted molar refractivity (Wildman–Crippen MR) is 121 cm³/mol. The summed E-state index contributed by atoms with van der Waals surface area (Å²) in [5, 5.41) is 3.08. The fourth-order valence-corrected chi connectivity index (χ4v) is 5.48. The third-order valence-electron chi connectivity index (χ3n) is 5.82. The number of ether oxygens (including phenoxy) is 1. The smallest absolute Gasteiger partial charge is 0.311 e. The number of carbonyl (C=O) groups is 4. The molecule has 9 heteroatoms. The quantitative estimate of drug-likeness (QED) is 0.649. The van der Waals surface area contributed by atoms with E-state index >= 15 is 0 Å². The molecule has 1 fully saturated rings. The SMILES string of the molecule is Cc1ccc(N2CC(C(=O)OCC(=O)Nc3sc4c(c3C(N)=O)CCCC4)CC2=O)cc1. The van der Waals surface area contributed by atoms with Gasteiger partial charge in [-0.05, 0) is 50.3 Å². The zero-order valence-electron chi connectivity index (χ0n) is 17.8.